The molecule has 2 unspecified atom stereocenters. The van der Waals surface area contributed by atoms with Crippen molar-refractivity contribution in [1.29, 1.82) is 0 Å². The molecule has 2 amide bonds. The maximum atomic E-state index is 12.5. The first-order chi connectivity index (χ1) is 23.1. The SMILES string of the molecule is CCCCCCCCC=CCCCCCCCC(=O)NC(CC)OC(CC)NC(=O)CCCCCCCC=CCCCCCCCC. The van der Waals surface area contributed by atoms with Crippen LogP contribution in [0.25, 0.3) is 0 Å². The van der Waals surface area contributed by atoms with Crippen molar-refractivity contribution in [3.63, 3.8) is 0 Å². The number of carbonyl (C=O) groups is 2. The van der Waals surface area contributed by atoms with Crippen LogP contribution in [0.15, 0.2) is 24.3 Å². The van der Waals surface area contributed by atoms with Crippen LogP contribution in [0.1, 0.15) is 220 Å². The predicted molar refractivity (Wildman–Crippen MR) is 204 cm³/mol. The molecule has 0 rings (SSSR count). The van der Waals surface area contributed by atoms with Crippen molar-refractivity contribution in [1.82, 2.24) is 10.6 Å². The molecule has 0 aliphatic rings. The largest absolute Gasteiger partial charge is 0.336 e. The van der Waals surface area contributed by atoms with Gasteiger partial charge in [-0.15, -0.1) is 0 Å². The van der Waals surface area contributed by atoms with E-state index in [1.54, 1.807) is 0 Å². The molecule has 5 nitrogen and oxygen atoms in total. The third-order valence-corrected chi connectivity index (χ3v) is 9.05. The Kier molecular flexibility index (Phi) is 35.9. The summed E-state index contributed by atoms with van der Waals surface area (Å²) in [6.45, 7) is 8.55. The van der Waals surface area contributed by atoms with Crippen molar-refractivity contribution in [3.8, 4) is 0 Å². The van der Waals surface area contributed by atoms with Gasteiger partial charge in [0.2, 0.25) is 11.8 Å². The van der Waals surface area contributed by atoms with E-state index < -0.39 is 0 Å². The quantitative estimate of drug-likeness (QED) is 0.0399. The molecule has 0 aromatic rings. The number of hydrogen-bond donors (Lipinski definition) is 2. The van der Waals surface area contributed by atoms with Gasteiger partial charge < -0.3 is 15.4 Å². The van der Waals surface area contributed by atoms with Gasteiger partial charge in [0.25, 0.3) is 0 Å². The number of amides is 2. The monoisotopic (exact) mass is 661 g/mol. The van der Waals surface area contributed by atoms with Gasteiger partial charge in [0, 0.05) is 12.8 Å². The highest BCUT2D eigenvalue weighted by molar-refractivity contribution is 5.76. The molecule has 0 bridgehead atoms. The van der Waals surface area contributed by atoms with E-state index in [0.29, 0.717) is 25.7 Å². The first-order valence-corrected chi connectivity index (χ1v) is 20.6. The molecule has 0 aromatic heterocycles. The van der Waals surface area contributed by atoms with Crippen molar-refractivity contribution in [2.75, 3.05) is 0 Å². The fourth-order valence-electron chi connectivity index (χ4n) is 5.88. The maximum Gasteiger partial charge on any atom is 0.221 e. The fraction of sp³-hybridized carbons (Fsp3) is 0.857. The lowest BCUT2D eigenvalue weighted by molar-refractivity contribution is -0.133. The second kappa shape index (κ2) is 37.2. The van der Waals surface area contributed by atoms with Crippen LogP contribution in [0.2, 0.25) is 0 Å². The minimum absolute atomic E-state index is 0.0453. The number of nitrogens with one attached hydrogen (secondary N) is 2. The van der Waals surface area contributed by atoms with Crippen molar-refractivity contribution in [2.24, 2.45) is 0 Å². The number of ether oxygens (including phenoxy) is 1. The smallest absolute Gasteiger partial charge is 0.221 e. The Labute approximate surface area is 293 Å². The Morgan fingerprint density at radius 3 is 1.00 bits per heavy atom. The van der Waals surface area contributed by atoms with E-state index in [0.717, 1.165) is 25.7 Å². The molecule has 0 aromatic carbocycles. The highest BCUT2D eigenvalue weighted by Crippen LogP contribution is 2.12. The van der Waals surface area contributed by atoms with Crippen LogP contribution < -0.4 is 10.6 Å². The summed E-state index contributed by atoms with van der Waals surface area (Å²) < 4.78 is 6.07. The molecule has 0 fully saturated rings. The third-order valence-electron chi connectivity index (χ3n) is 9.05. The molecule has 0 radical (unpaired) electrons. The molecule has 0 saturated heterocycles. The Balaban J connectivity index is 3.80. The first-order valence-electron chi connectivity index (χ1n) is 20.6. The molecule has 0 spiro atoms. The summed E-state index contributed by atoms with van der Waals surface area (Å²) in [5.74, 6) is 0.0907. The highest BCUT2D eigenvalue weighted by Gasteiger charge is 2.17. The summed E-state index contributed by atoms with van der Waals surface area (Å²) in [5.41, 5.74) is 0. The summed E-state index contributed by atoms with van der Waals surface area (Å²) in [4.78, 5) is 25.0. The molecule has 0 aliphatic carbocycles. The van der Waals surface area contributed by atoms with Crippen LogP contribution in [-0.4, -0.2) is 24.3 Å². The maximum absolute atomic E-state index is 12.5. The Hall–Kier alpha value is -1.62. The molecule has 5 heteroatoms. The number of rotatable bonds is 36. The molecule has 2 N–H and O–H groups in total. The minimum atomic E-state index is -0.365. The van der Waals surface area contributed by atoms with Gasteiger partial charge in [-0.05, 0) is 77.0 Å². The normalized spacial score (nSPS) is 13.0. The standard InChI is InChI=1S/C42H80N2O3/c1-5-9-11-13-15-17-19-21-23-25-27-29-31-33-35-37-39(45)43-41(7-3)47-42(8-4)44-40(46)38-36-34-32-30-28-26-24-22-20-18-16-14-12-10-6-2/h21-24,41-42H,5-20,25-38H2,1-4H3,(H,43,45)(H,44,46). The second-order valence-corrected chi connectivity index (χ2v) is 13.7. The predicted octanol–water partition coefficient (Wildman–Crippen LogP) is 12.8. The molecular formula is C42H80N2O3. The zero-order valence-electron chi connectivity index (χ0n) is 31.9. The van der Waals surface area contributed by atoms with Gasteiger partial charge in [-0.1, -0.05) is 155 Å². The van der Waals surface area contributed by atoms with Crippen LogP contribution in [0, 0.1) is 0 Å². The van der Waals surface area contributed by atoms with E-state index in [1.165, 1.54) is 141 Å². The molecule has 276 valence electrons. The van der Waals surface area contributed by atoms with E-state index >= 15 is 0 Å². The van der Waals surface area contributed by atoms with Gasteiger partial charge >= 0.3 is 0 Å². The van der Waals surface area contributed by atoms with Gasteiger partial charge in [-0.3, -0.25) is 9.59 Å². The van der Waals surface area contributed by atoms with Crippen LogP contribution in [0.5, 0.6) is 0 Å². The Morgan fingerprint density at radius 1 is 0.426 bits per heavy atom. The highest BCUT2D eigenvalue weighted by atomic mass is 16.5. The summed E-state index contributed by atoms with van der Waals surface area (Å²) in [7, 11) is 0. The zero-order chi connectivity index (χ0) is 34.5. The van der Waals surface area contributed by atoms with E-state index in [1.807, 2.05) is 13.8 Å². The van der Waals surface area contributed by atoms with Crippen LogP contribution in [-0.2, 0) is 14.3 Å². The number of hydrogen-bond acceptors (Lipinski definition) is 3. The number of unbranched alkanes of at least 4 members (excludes halogenated alkanes) is 22. The molecule has 0 aliphatic heterocycles. The topological polar surface area (TPSA) is 67.4 Å². The molecule has 2 atom stereocenters. The van der Waals surface area contributed by atoms with Gasteiger partial charge in [-0.2, -0.15) is 0 Å². The van der Waals surface area contributed by atoms with E-state index in [4.69, 9.17) is 4.74 Å². The van der Waals surface area contributed by atoms with Crippen molar-refractivity contribution in [2.45, 2.75) is 233 Å². The van der Waals surface area contributed by atoms with Crippen LogP contribution in [0.4, 0.5) is 0 Å². The van der Waals surface area contributed by atoms with Crippen LogP contribution >= 0.6 is 0 Å². The van der Waals surface area contributed by atoms with Gasteiger partial charge in [0.15, 0.2) is 0 Å². The van der Waals surface area contributed by atoms with E-state index in [9.17, 15) is 9.59 Å². The van der Waals surface area contributed by atoms with E-state index in [2.05, 4.69) is 48.8 Å². The third kappa shape index (κ3) is 34.1. The van der Waals surface area contributed by atoms with E-state index in [-0.39, 0.29) is 24.3 Å². The average Bonchev–Trinajstić information content (AvgIpc) is 3.07. The Morgan fingerprint density at radius 2 is 0.702 bits per heavy atom. The first kappa shape index (κ1) is 45.4. The molecule has 47 heavy (non-hydrogen) atoms. The van der Waals surface area contributed by atoms with Crippen molar-refractivity contribution in [3.05, 3.63) is 24.3 Å². The average molecular weight is 661 g/mol. The lowest BCUT2D eigenvalue weighted by atomic mass is 10.1. The zero-order valence-corrected chi connectivity index (χ0v) is 31.9. The fourth-order valence-corrected chi connectivity index (χ4v) is 5.88. The van der Waals surface area contributed by atoms with Crippen LogP contribution in [0.3, 0.4) is 0 Å². The molecule has 0 saturated carbocycles. The Bertz CT molecular complexity index is 675. The summed E-state index contributed by atoms with van der Waals surface area (Å²) >= 11 is 0. The summed E-state index contributed by atoms with van der Waals surface area (Å²) in [5, 5.41) is 6.06. The summed E-state index contributed by atoms with van der Waals surface area (Å²) in [6, 6.07) is 0. The van der Waals surface area contributed by atoms with Gasteiger partial charge in [0.1, 0.15) is 12.5 Å². The van der Waals surface area contributed by atoms with Gasteiger partial charge in [0.05, 0.1) is 0 Å². The second-order valence-electron chi connectivity index (χ2n) is 13.7. The van der Waals surface area contributed by atoms with Crippen molar-refractivity contribution < 1.29 is 14.3 Å². The lowest BCUT2D eigenvalue weighted by Crippen LogP contribution is -2.44. The van der Waals surface area contributed by atoms with Gasteiger partial charge in [-0.25, -0.2) is 0 Å². The molecule has 0 heterocycles. The number of allylic oxidation sites excluding steroid dienone is 4. The minimum Gasteiger partial charge on any atom is -0.336 e. The van der Waals surface area contributed by atoms with Crippen molar-refractivity contribution >= 4 is 11.8 Å². The number of carbonyl (C=O) groups excluding carboxylic acids is 2. The summed E-state index contributed by atoms with van der Waals surface area (Å²) in [6.07, 6.45) is 43.7. The molecular weight excluding hydrogens is 580 g/mol. The lowest BCUT2D eigenvalue weighted by Gasteiger charge is -2.25.